The largest absolute Gasteiger partial charge is 0.392 e. The van der Waals surface area contributed by atoms with E-state index in [1.165, 1.54) is 12.5 Å². The number of nitrogens with zero attached hydrogens (tertiary/aromatic N) is 4. The van der Waals surface area contributed by atoms with Crippen LogP contribution in [0.15, 0.2) is 58.3 Å². The van der Waals surface area contributed by atoms with Gasteiger partial charge in [0.2, 0.25) is 24.0 Å². The molecule has 1 fully saturated rings. The van der Waals surface area contributed by atoms with Gasteiger partial charge in [-0.2, -0.15) is 4.98 Å². The molecular weight excluding hydrogens is 498 g/mol. The second kappa shape index (κ2) is 10.0. The minimum Gasteiger partial charge on any atom is -0.392 e. The van der Waals surface area contributed by atoms with Crippen molar-refractivity contribution in [3.05, 3.63) is 60.0 Å². The molecule has 0 saturated carbocycles. The topological polar surface area (TPSA) is 146 Å². The van der Waals surface area contributed by atoms with Crippen LogP contribution in [-0.4, -0.2) is 83.8 Å². The summed E-state index contributed by atoms with van der Waals surface area (Å²) < 4.78 is 29.5. The quantitative estimate of drug-likeness (QED) is 0.466. The molecule has 3 heterocycles. The highest BCUT2D eigenvalue weighted by atomic mass is 32.2. The Bertz CT molecular complexity index is 1430. The molecule has 0 bridgehead atoms. The summed E-state index contributed by atoms with van der Waals surface area (Å²) in [5.74, 6) is -0.920. The smallest absolute Gasteiger partial charge is 0.239 e. The van der Waals surface area contributed by atoms with Crippen molar-refractivity contribution in [2.24, 2.45) is 0 Å². The van der Waals surface area contributed by atoms with Crippen molar-refractivity contribution in [1.82, 2.24) is 19.9 Å². The molecule has 2 N–H and O–H groups in total. The van der Waals surface area contributed by atoms with Gasteiger partial charge in [-0.15, -0.1) is 0 Å². The van der Waals surface area contributed by atoms with Gasteiger partial charge < -0.3 is 19.8 Å². The van der Waals surface area contributed by atoms with E-state index in [-0.39, 0.29) is 29.0 Å². The van der Waals surface area contributed by atoms with Crippen LogP contribution >= 0.6 is 0 Å². The van der Waals surface area contributed by atoms with E-state index in [4.69, 9.17) is 4.52 Å². The second-order valence-corrected chi connectivity index (χ2v) is 11.4. The van der Waals surface area contributed by atoms with Crippen molar-refractivity contribution >= 4 is 27.3 Å². The first-order valence-electron chi connectivity index (χ1n) is 11.9. The van der Waals surface area contributed by atoms with Gasteiger partial charge in [-0.25, -0.2) is 8.42 Å². The Kier molecular flexibility index (Phi) is 6.80. The second-order valence-electron chi connectivity index (χ2n) is 9.42. The fourth-order valence-corrected chi connectivity index (χ4v) is 6.12. The number of amides is 2. The number of aromatic nitrogens is 2. The zero-order valence-electron chi connectivity index (χ0n) is 20.2. The summed E-state index contributed by atoms with van der Waals surface area (Å²) in [5.41, 5.74) is 2.41. The number of aliphatic hydroxyl groups excluding tert-OH is 1. The van der Waals surface area contributed by atoms with Crippen molar-refractivity contribution in [3.63, 3.8) is 0 Å². The molecule has 1 saturated heterocycles. The Morgan fingerprint density at radius 3 is 2.86 bits per heavy atom. The first kappa shape index (κ1) is 25.1. The number of likely N-dealkylation sites (tertiary alicyclic amines) is 1. The fraction of sp³-hybridized carbons (Fsp3) is 0.360. The van der Waals surface area contributed by atoms with Crippen LogP contribution < -0.4 is 5.32 Å². The van der Waals surface area contributed by atoms with Crippen LogP contribution in [-0.2, 0) is 25.8 Å². The van der Waals surface area contributed by atoms with Gasteiger partial charge in [0.05, 0.1) is 29.1 Å². The van der Waals surface area contributed by atoms with Gasteiger partial charge in [0, 0.05) is 32.2 Å². The SMILES string of the molecule is CN(C(=O)Cc1ccc2c(c1)NC(=O)CS2(=O)=O)C(CN1CC[C@H](O)C1)c1cccc(-c2ncon2)c1. The number of β-amino-alcohol motifs (C(OH)–C–C–N with tert-alkyl or cyclic N) is 1. The number of sulfone groups is 1. The molecule has 5 rings (SSSR count). The fourth-order valence-electron chi connectivity index (χ4n) is 4.82. The van der Waals surface area contributed by atoms with Crippen LogP contribution in [0.1, 0.15) is 23.6 Å². The van der Waals surface area contributed by atoms with E-state index in [2.05, 4.69) is 20.4 Å². The van der Waals surface area contributed by atoms with Crippen LogP contribution in [0.2, 0.25) is 0 Å². The number of aliphatic hydroxyl groups is 1. The van der Waals surface area contributed by atoms with E-state index in [0.29, 0.717) is 30.9 Å². The number of benzene rings is 2. The molecule has 2 atom stereocenters. The number of carbonyl (C=O) groups excluding carboxylic acids is 2. The van der Waals surface area contributed by atoms with E-state index in [1.54, 1.807) is 24.1 Å². The molecule has 1 aromatic heterocycles. The third-order valence-electron chi connectivity index (χ3n) is 6.76. The maximum atomic E-state index is 13.5. The lowest BCUT2D eigenvalue weighted by atomic mass is 10.0. The van der Waals surface area contributed by atoms with E-state index in [0.717, 1.165) is 17.7 Å². The molecule has 2 aliphatic heterocycles. The number of hydrogen-bond acceptors (Lipinski definition) is 9. The van der Waals surface area contributed by atoms with Gasteiger partial charge in [0.25, 0.3) is 0 Å². The normalized spacial score (nSPS) is 19.7. The summed E-state index contributed by atoms with van der Waals surface area (Å²) in [6.07, 6.45) is 1.56. The predicted molar refractivity (Wildman–Crippen MR) is 133 cm³/mol. The Labute approximate surface area is 214 Å². The van der Waals surface area contributed by atoms with Crippen LogP contribution in [0.4, 0.5) is 5.69 Å². The number of carbonyl (C=O) groups is 2. The minimum absolute atomic E-state index is 0.0172. The van der Waals surface area contributed by atoms with E-state index >= 15 is 0 Å². The van der Waals surface area contributed by atoms with E-state index in [1.807, 2.05) is 24.3 Å². The van der Waals surface area contributed by atoms with Gasteiger partial charge in [-0.1, -0.05) is 29.4 Å². The highest BCUT2D eigenvalue weighted by molar-refractivity contribution is 7.92. The zero-order valence-corrected chi connectivity index (χ0v) is 21.0. The molecule has 11 nitrogen and oxygen atoms in total. The molecule has 2 amide bonds. The Hall–Kier alpha value is -3.61. The highest BCUT2D eigenvalue weighted by Gasteiger charge is 2.31. The zero-order chi connectivity index (χ0) is 26.2. The number of hydrogen-bond donors (Lipinski definition) is 2. The number of anilines is 1. The van der Waals surface area contributed by atoms with Crippen molar-refractivity contribution in [1.29, 1.82) is 0 Å². The van der Waals surface area contributed by atoms with Gasteiger partial charge >= 0.3 is 0 Å². The third kappa shape index (κ3) is 5.41. The first-order chi connectivity index (χ1) is 17.7. The minimum atomic E-state index is -3.69. The molecule has 12 heteroatoms. The standard InChI is InChI=1S/C25H27N5O6S/c1-29(24(33)10-16-5-6-22-20(9-16)27-23(32)14-37(22,34)35)21(13-30-8-7-19(31)12-30)17-3-2-4-18(11-17)25-26-15-36-28-25/h2-6,9,11,15,19,21,31H,7-8,10,12-14H2,1H3,(H,27,32)/t19-,21?/m0/s1. The molecule has 2 aliphatic rings. The molecule has 2 aromatic carbocycles. The Morgan fingerprint density at radius 1 is 1.30 bits per heavy atom. The van der Waals surface area contributed by atoms with Gasteiger partial charge in [0.15, 0.2) is 9.84 Å². The Balaban J connectivity index is 1.40. The maximum Gasteiger partial charge on any atom is 0.239 e. The summed E-state index contributed by atoms with van der Waals surface area (Å²) in [5, 5.41) is 16.5. The van der Waals surface area contributed by atoms with E-state index in [9.17, 15) is 23.1 Å². The number of rotatable bonds is 7. The van der Waals surface area contributed by atoms with Crippen LogP contribution in [0, 0.1) is 0 Å². The van der Waals surface area contributed by atoms with Gasteiger partial charge in [-0.3, -0.25) is 14.5 Å². The maximum absolute atomic E-state index is 13.5. The van der Waals surface area contributed by atoms with Crippen molar-refractivity contribution in [2.45, 2.75) is 29.9 Å². The lowest BCUT2D eigenvalue weighted by Gasteiger charge is -2.32. The monoisotopic (exact) mass is 525 g/mol. The third-order valence-corrected chi connectivity index (χ3v) is 8.43. The average Bonchev–Trinajstić information content (AvgIpc) is 3.53. The summed E-state index contributed by atoms with van der Waals surface area (Å²) in [6.45, 7) is 1.78. The van der Waals surface area contributed by atoms with Crippen molar-refractivity contribution in [3.8, 4) is 11.4 Å². The summed E-state index contributed by atoms with van der Waals surface area (Å²) in [6, 6.07) is 11.8. The van der Waals surface area contributed by atoms with Crippen molar-refractivity contribution < 1.29 is 27.6 Å². The number of nitrogens with one attached hydrogen (secondary N) is 1. The predicted octanol–water partition coefficient (Wildman–Crippen LogP) is 1.27. The number of fused-ring (bicyclic) bond motifs is 1. The van der Waals surface area contributed by atoms with E-state index < -0.39 is 27.6 Å². The van der Waals surface area contributed by atoms with Gasteiger partial charge in [-0.05, 0) is 35.7 Å². The molecule has 0 spiro atoms. The molecule has 0 aliphatic carbocycles. The average molecular weight is 526 g/mol. The molecule has 194 valence electrons. The summed E-state index contributed by atoms with van der Waals surface area (Å²) >= 11 is 0. The molecule has 0 radical (unpaired) electrons. The first-order valence-corrected chi connectivity index (χ1v) is 13.5. The molecule has 3 aromatic rings. The molecule has 37 heavy (non-hydrogen) atoms. The van der Waals surface area contributed by atoms with Gasteiger partial charge in [0.1, 0.15) is 5.75 Å². The summed E-state index contributed by atoms with van der Waals surface area (Å²) in [7, 11) is -1.97. The summed E-state index contributed by atoms with van der Waals surface area (Å²) in [4.78, 5) is 33.2. The number of likely N-dealkylation sites (N-methyl/N-ethyl adjacent to an activating group) is 1. The lowest BCUT2D eigenvalue weighted by Crippen LogP contribution is -2.39. The highest BCUT2D eigenvalue weighted by Crippen LogP contribution is 2.30. The van der Waals surface area contributed by atoms with Crippen molar-refractivity contribution in [2.75, 3.05) is 37.8 Å². The Morgan fingerprint density at radius 2 is 2.14 bits per heavy atom. The lowest BCUT2D eigenvalue weighted by molar-refractivity contribution is -0.131. The van der Waals surface area contributed by atoms with Crippen LogP contribution in [0.25, 0.3) is 11.4 Å². The molecular formula is C25H27N5O6S. The van der Waals surface area contributed by atoms with Crippen LogP contribution in [0.5, 0.6) is 0 Å². The van der Waals surface area contributed by atoms with Crippen LogP contribution in [0.3, 0.4) is 0 Å². The molecule has 1 unspecified atom stereocenters.